The molecule has 0 amide bonds. The van der Waals surface area contributed by atoms with Crippen molar-refractivity contribution in [1.29, 1.82) is 0 Å². The lowest BCUT2D eigenvalue weighted by molar-refractivity contribution is 0.259. The fourth-order valence-electron chi connectivity index (χ4n) is 5.06. The van der Waals surface area contributed by atoms with Crippen molar-refractivity contribution in [1.82, 2.24) is 0 Å². The van der Waals surface area contributed by atoms with Crippen LogP contribution in [0.4, 0.5) is 0 Å². The molecule has 0 saturated heterocycles. The van der Waals surface area contributed by atoms with Crippen LogP contribution in [-0.2, 0) is 0 Å². The van der Waals surface area contributed by atoms with Crippen LogP contribution in [-0.4, -0.2) is 12.3 Å². The summed E-state index contributed by atoms with van der Waals surface area (Å²) in [5.41, 5.74) is 8.74. The molecule has 0 heterocycles. The van der Waals surface area contributed by atoms with E-state index >= 15 is 0 Å². The highest BCUT2D eigenvalue weighted by Crippen LogP contribution is 2.49. The van der Waals surface area contributed by atoms with Gasteiger partial charge in [0, 0.05) is 22.3 Å². The molecule has 0 aliphatic heterocycles. The van der Waals surface area contributed by atoms with Crippen LogP contribution in [0, 0.1) is 5.92 Å². The average Bonchev–Trinajstić information content (AvgIpc) is 2.87. The fourth-order valence-corrected chi connectivity index (χ4v) is 5.42. The maximum Gasteiger partial charge on any atom is 0.0433 e. The third-order valence-corrected chi connectivity index (χ3v) is 7.48. The highest BCUT2D eigenvalue weighted by Gasteiger charge is 2.34. The number of hydrogen-bond acceptors (Lipinski definition) is 1. The van der Waals surface area contributed by atoms with E-state index in [-0.39, 0.29) is 0 Å². The van der Waals surface area contributed by atoms with Crippen molar-refractivity contribution in [3.05, 3.63) is 99.5 Å². The molecule has 1 nitrogen and oxygen atoms in total. The number of rotatable bonds is 5. The van der Waals surface area contributed by atoms with E-state index in [4.69, 9.17) is 28.2 Å². The van der Waals surface area contributed by atoms with E-state index < -0.39 is 0 Å². The van der Waals surface area contributed by atoms with E-state index in [0.717, 1.165) is 51.3 Å². The molecule has 1 fully saturated rings. The van der Waals surface area contributed by atoms with Crippen molar-refractivity contribution in [2.45, 2.75) is 38.5 Å². The normalized spacial score (nSPS) is 20.0. The number of fused-ring (bicyclic) bond motifs is 3. The van der Waals surface area contributed by atoms with Gasteiger partial charge in [-0.05, 0) is 108 Å². The second-order valence-electron chi connectivity index (χ2n) is 8.95. The average molecular weight is 460 g/mol. The topological polar surface area (TPSA) is 12.4 Å². The Morgan fingerprint density at radius 2 is 1.69 bits per heavy atom. The van der Waals surface area contributed by atoms with Gasteiger partial charge in [0.15, 0.2) is 0 Å². The summed E-state index contributed by atoms with van der Waals surface area (Å²) in [4.78, 5) is 4.94. The maximum absolute atomic E-state index is 6.37. The van der Waals surface area contributed by atoms with Crippen molar-refractivity contribution < 1.29 is 0 Å². The van der Waals surface area contributed by atoms with Crippen LogP contribution in [0.2, 0.25) is 10.0 Å². The zero-order chi connectivity index (χ0) is 22.1. The maximum atomic E-state index is 6.37. The predicted molar refractivity (Wildman–Crippen MR) is 138 cm³/mol. The number of nitrogens with zero attached hydrogens (tertiary/aromatic N) is 1. The number of allylic oxidation sites excluding steroid dienone is 1. The number of halogens is 2. The molecule has 3 aromatic rings. The van der Waals surface area contributed by atoms with Gasteiger partial charge >= 0.3 is 0 Å². The van der Waals surface area contributed by atoms with Gasteiger partial charge < -0.3 is 0 Å². The van der Waals surface area contributed by atoms with Crippen LogP contribution in [0.25, 0.3) is 16.7 Å². The van der Waals surface area contributed by atoms with Crippen molar-refractivity contribution >= 4 is 34.5 Å². The first-order valence-electron chi connectivity index (χ1n) is 11.4. The zero-order valence-electron chi connectivity index (χ0n) is 18.3. The Kier molecular flexibility index (Phi) is 6.22. The lowest BCUT2D eigenvalue weighted by atomic mass is 9.68. The van der Waals surface area contributed by atoms with Crippen molar-refractivity contribution in [3.63, 3.8) is 0 Å². The lowest BCUT2D eigenvalue weighted by Crippen LogP contribution is -2.22. The fraction of sp³-hybridized carbons (Fsp3) is 0.276. The molecule has 0 N–H and O–H groups in total. The van der Waals surface area contributed by atoms with Crippen molar-refractivity contribution in [2.24, 2.45) is 10.9 Å². The minimum atomic E-state index is 0.704. The van der Waals surface area contributed by atoms with Crippen LogP contribution in [0.5, 0.6) is 0 Å². The molecule has 5 rings (SSSR count). The SMILES string of the molecule is CC(=NCCC1=CCC2CCC2c2ccc(Cl)cc21)c1cccc(-c2cccc(Cl)c2)c1. The van der Waals surface area contributed by atoms with Gasteiger partial charge in [-0.15, -0.1) is 0 Å². The Balaban J connectivity index is 1.34. The van der Waals surface area contributed by atoms with Crippen molar-refractivity contribution in [2.75, 3.05) is 6.54 Å². The smallest absolute Gasteiger partial charge is 0.0433 e. The summed E-state index contributed by atoms with van der Waals surface area (Å²) in [5.74, 6) is 1.50. The summed E-state index contributed by atoms with van der Waals surface area (Å²) >= 11 is 12.6. The molecule has 0 spiro atoms. The molecule has 3 aromatic carbocycles. The summed E-state index contributed by atoms with van der Waals surface area (Å²) in [6, 6.07) is 23.0. The molecule has 0 bridgehead atoms. The van der Waals surface area contributed by atoms with Gasteiger partial charge in [-0.2, -0.15) is 0 Å². The number of hydrogen-bond donors (Lipinski definition) is 0. The van der Waals surface area contributed by atoms with E-state index in [1.54, 1.807) is 0 Å². The molecule has 2 atom stereocenters. The van der Waals surface area contributed by atoms with E-state index in [1.807, 2.05) is 24.3 Å². The molecular weight excluding hydrogens is 433 g/mol. The second kappa shape index (κ2) is 9.25. The van der Waals surface area contributed by atoms with E-state index in [2.05, 4.69) is 55.5 Å². The summed E-state index contributed by atoms with van der Waals surface area (Å²) in [7, 11) is 0. The Bertz CT molecular complexity index is 1210. The molecule has 1 saturated carbocycles. The predicted octanol–water partition coefficient (Wildman–Crippen LogP) is 8.84. The largest absolute Gasteiger partial charge is 0.289 e. The molecule has 0 aromatic heterocycles. The minimum Gasteiger partial charge on any atom is -0.289 e. The summed E-state index contributed by atoms with van der Waals surface area (Å²) in [6.45, 7) is 2.88. The van der Waals surface area contributed by atoms with Gasteiger partial charge in [-0.1, -0.05) is 65.7 Å². The monoisotopic (exact) mass is 459 g/mol. The molecule has 2 unspecified atom stereocenters. The lowest BCUT2D eigenvalue weighted by Gasteiger charge is -2.36. The highest BCUT2D eigenvalue weighted by molar-refractivity contribution is 6.31. The molecule has 32 heavy (non-hydrogen) atoms. The quantitative estimate of drug-likeness (QED) is 0.337. The van der Waals surface area contributed by atoms with E-state index in [1.165, 1.54) is 36.0 Å². The first kappa shape index (κ1) is 21.5. The highest BCUT2D eigenvalue weighted by atomic mass is 35.5. The molecule has 2 aliphatic carbocycles. The third-order valence-electron chi connectivity index (χ3n) is 7.01. The molecule has 162 valence electrons. The van der Waals surface area contributed by atoms with Crippen LogP contribution < -0.4 is 0 Å². The molecule has 2 aliphatic rings. The minimum absolute atomic E-state index is 0.704. The number of aliphatic imine (C=N–C) groups is 1. The van der Waals surface area contributed by atoms with Crippen LogP contribution in [0.1, 0.15) is 55.2 Å². The van der Waals surface area contributed by atoms with Gasteiger partial charge in [0.2, 0.25) is 0 Å². The molecular formula is C29H27Cl2N. The summed E-state index contributed by atoms with van der Waals surface area (Å²) < 4.78 is 0. The number of benzene rings is 3. The van der Waals surface area contributed by atoms with Gasteiger partial charge in [0.1, 0.15) is 0 Å². The van der Waals surface area contributed by atoms with Crippen molar-refractivity contribution in [3.8, 4) is 11.1 Å². The molecule has 0 radical (unpaired) electrons. The van der Waals surface area contributed by atoms with Gasteiger partial charge in [-0.3, -0.25) is 4.99 Å². The Morgan fingerprint density at radius 1 is 0.906 bits per heavy atom. The van der Waals surface area contributed by atoms with Gasteiger partial charge in [0.25, 0.3) is 0 Å². The Morgan fingerprint density at radius 3 is 2.47 bits per heavy atom. The van der Waals surface area contributed by atoms with E-state index in [9.17, 15) is 0 Å². The van der Waals surface area contributed by atoms with E-state index in [0.29, 0.717) is 5.92 Å². The Labute approximate surface area is 200 Å². The zero-order valence-corrected chi connectivity index (χ0v) is 19.8. The van der Waals surface area contributed by atoms with Gasteiger partial charge in [-0.25, -0.2) is 0 Å². The van der Waals surface area contributed by atoms with Gasteiger partial charge in [0.05, 0.1) is 0 Å². The molecule has 3 heteroatoms. The summed E-state index contributed by atoms with van der Waals surface area (Å²) in [5, 5.41) is 1.58. The van der Waals surface area contributed by atoms with Crippen LogP contribution in [0.3, 0.4) is 0 Å². The Hall–Kier alpha value is -2.35. The second-order valence-corrected chi connectivity index (χ2v) is 9.82. The first-order valence-corrected chi connectivity index (χ1v) is 12.2. The summed E-state index contributed by atoms with van der Waals surface area (Å²) in [6.07, 6.45) is 7.22. The van der Waals surface area contributed by atoms with Crippen LogP contribution >= 0.6 is 23.2 Å². The third kappa shape index (κ3) is 4.42. The van der Waals surface area contributed by atoms with Crippen LogP contribution in [0.15, 0.2) is 77.8 Å². The first-order chi connectivity index (χ1) is 15.6. The standard InChI is InChI=1S/C29H27Cl2N/c1-19(22-4-2-5-23(16-22)24-6-3-7-25(30)17-24)32-15-14-21-9-8-20-10-12-27(20)28-13-11-26(31)18-29(21)28/h2-7,9,11,13,16-18,20,27H,8,10,12,14-15H2,1H3.